The van der Waals surface area contributed by atoms with Gasteiger partial charge in [0.2, 0.25) is 0 Å². The molecule has 0 radical (unpaired) electrons. The lowest BCUT2D eigenvalue weighted by molar-refractivity contribution is -0.140. The Hall–Kier alpha value is -2.57. The number of hydrogen-bond acceptors (Lipinski definition) is 3. The lowest BCUT2D eigenvalue weighted by atomic mass is 9.92. The highest BCUT2D eigenvalue weighted by Crippen LogP contribution is 2.40. The van der Waals surface area contributed by atoms with Crippen LogP contribution in [-0.2, 0) is 6.18 Å². The smallest absolute Gasteiger partial charge is 0.356 e. The van der Waals surface area contributed by atoms with E-state index in [1.165, 1.54) is 4.52 Å². The van der Waals surface area contributed by atoms with E-state index < -0.39 is 11.9 Å². The lowest BCUT2D eigenvalue weighted by Gasteiger charge is -2.36. The molecule has 0 aliphatic carbocycles. The first kappa shape index (κ1) is 18.8. The van der Waals surface area contributed by atoms with Crippen LogP contribution in [0.3, 0.4) is 0 Å². The number of nitrogens with zero attached hydrogens (tertiary/aromatic N) is 4. The summed E-state index contributed by atoms with van der Waals surface area (Å²) in [5.41, 5.74) is 0.542. The summed E-state index contributed by atoms with van der Waals surface area (Å²) in [7, 11) is 0. The molecule has 4 rings (SSSR count). The van der Waals surface area contributed by atoms with Gasteiger partial charge in [0.05, 0.1) is 5.56 Å². The molecule has 0 amide bonds. The van der Waals surface area contributed by atoms with Crippen molar-refractivity contribution in [1.29, 1.82) is 0 Å². The number of anilines is 1. The quantitative estimate of drug-likeness (QED) is 0.605. The van der Waals surface area contributed by atoms with E-state index in [2.05, 4.69) is 28.8 Å². The van der Waals surface area contributed by atoms with E-state index in [0.29, 0.717) is 28.9 Å². The Bertz CT molecular complexity index is 984. The van der Waals surface area contributed by atoms with Gasteiger partial charge in [0.25, 0.3) is 0 Å². The van der Waals surface area contributed by atoms with Crippen LogP contribution in [0.2, 0.25) is 0 Å². The first-order valence-corrected chi connectivity index (χ1v) is 9.52. The summed E-state index contributed by atoms with van der Waals surface area (Å²) in [5.74, 6) is 1.62. The van der Waals surface area contributed by atoms with E-state index in [4.69, 9.17) is 0 Å². The first-order chi connectivity index (χ1) is 13.2. The fourth-order valence-corrected chi connectivity index (χ4v) is 4.26. The third kappa shape index (κ3) is 3.34. The van der Waals surface area contributed by atoms with Crippen molar-refractivity contribution in [3.63, 3.8) is 0 Å². The third-order valence-electron chi connectivity index (χ3n) is 5.22. The molecule has 2 aromatic heterocycles. The maximum Gasteiger partial charge on any atom is 0.435 e. The topological polar surface area (TPSA) is 33.4 Å². The summed E-state index contributed by atoms with van der Waals surface area (Å²) in [6, 6.07) is 10.4. The molecule has 2 atom stereocenters. The molecule has 0 spiro atoms. The van der Waals surface area contributed by atoms with Crippen LogP contribution in [0.5, 0.6) is 0 Å². The lowest BCUT2D eigenvalue weighted by Crippen LogP contribution is -2.39. The second-order valence-electron chi connectivity index (χ2n) is 7.93. The zero-order chi connectivity index (χ0) is 20.1. The van der Waals surface area contributed by atoms with Crippen LogP contribution in [0, 0.1) is 18.8 Å². The van der Waals surface area contributed by atoms with Crippen LogP contribution < -0.4 is 4.90 Å². The maximum atomic E-state index is 13.9. The molecule has 7 heteroatoms. The van der Waals surface area contributed by atoms with E-state index in [9.17, 15) is 13.2 Å². The molecule has 2 unspecified atom stereocenters. The number of halogens is 3. The number of hydrogen-bond donors (Lipinski definition) is 0. The summed E-state index contributed by atoms with van der Waals surface area (Å²) in [5, 5.41) is 4.01. The molecule has 148 valence electrons. The van der Waals surface area contributed by atoms with Gasteiger partial charge in [-0.15, -0.1) is 0 Å². The van der Waals surface area contributed by atoms with E-state index in [0.717, 1.165) is 19.5 Å². The molecular formula is C21H23F3N4. The number of piperidine rings is 1. The Morgan fingerprint density at radius 3 is 2.29 bits per heavy atom. The van der Waals surface area contributed by atoms with Gasteiger partial charge in [-0.25, -0.2) is 4.98 Å². The predicted molar refractivity (Wildman–Crippen MR) is 103 cm³/mol. The van der Waals surface area contributed by atoms with Gasteiger partial charge in [-0.05, 0) is 30.7 Å². The van der Waals surface area contributed by atoms with Crippen molar-refractivity contribution >= 4 is 11.5 Å². The summed E-state index contributed by atoms with van der Waals surface area (Å²) < 4.78 is 42.9. The van der Waals surface area contributed by atoms with Crippen LogP contribution in [0.4, 0.5) is 19.0 Å². The molecule has 0 N–H and O–H groups in total. The molecule has 4 nitrogen and oxygen atoms in total. The number of aromatic nitrogens is 3. The maximum absolute atomic E-state index is 13.9. The molecule has 1 aromatic carbocycles. The van der Waals surface area contributed by atoms with Crippen molar-refractivity contribution in [3.05, 3.63) is 47.8 Å². The standard InChI is InChI=1S/C21H23F3N4/c1-13-9-14(2)12-27(11-13)17-10-15(3)25-20-18(16-7-5-4-6-8-16)19(21(22,23)24)26-28(17)20/h4-8,10,13-14H,9,11-12H2,1-3H3. The molecule has 1 saturated heterocycles. The molecule has 3 aromatic rings. The Morgan fingerprint density at radius 1 is 1.04 bits per heavy atom. The average molecular weight is 388 g/mol. The SMILES string of the molecule is Cc1cc(N2CC(C)CC(C)C2)n2nc(C(F)(F)F)c(-c3ccccc3)c2n1. The van der Waals surface area contributed by atoms with Crippen molar-refractivity contribution in [2.45, 2.75) is 33.4 Å². The molecule has 0 bridgehead atoms. The van der Waals surface area contributed by atoms with Crippen molar-refractivity contribution in [3.8, 4) is 11.1 Å². The van der Waals surface area contributed by atoms with E-state index >= 15 is 0 Å². The van der Waals surface area contributed by atoms with Crippen molar-refractivity contribution < 1.29 is 13.2 Å². The molecule has 1 aliphatic heterocycles. The molecule has 0 saturated carbocycles. The largest absolute Gasteiger partial charge is 0.435 e. The number of aryl methyl sites for hydroxylation is 1. The van der Waals surface area contributed by atoms with Gasteiger partial charge in [0.1, 0.15) is 5.82 Å². The molecule has 1 aliphatic rings. The Kier molecular flexibility index (Phi) is 4.56. The molecule has 1 fully saturated rings. The second kappa shape index (κ2) is 6.79. The summed E-state index contributed by atoms with van der Waals surface area (Å²) in [6.45, 7) is 7.76. The highest BCUT2D eigenvalue weighted by molar-refractivity contribution is 5.81. The Labute approximate surface area is 162 Å². The van der Waals surface area contributed by atoms with Crippen LogP contribution >= 0.6 is 0 Å². The number of fused-ring (bicyclic) bond motifs is 1. The second-order valence-corrected chi connectivity index (χ2v) is 7.93. The number of benzene rings is 1. The normalized spacial score (nSPS) is 20.7. The summed E-state index contributed by atoms with van der Waals surface area (Å²) in [6.07, 6.45) is -3.45. The van der Waals surface area contributed by atoms with Crippen LogP contribution in [-0.4, -0.2) is 27.7 Å². The zero-order valence-electron chi connectivity index (χ0n) is 16.2. The predicted octanol–water partition coefficient (Wildman–Crippen LogP) is 5.21. The minimum Gasteiger partial charge on any atom is -0.356 e. The van der Waals surface area contributed by atoms with Gasteiger partial charge in [-0.2, -0.15) is 22.8 Å². The van der Waals surface area contributed by atoms with Gasteiger partial charge in [0, 0.05) is 24.8 Å². The zero-order valence-corrected chi connectivity index (χ0v) is 16.2. The molecule has 28 heavy (non-hydrogen) atoms. The summed E-state index contributed by atoms with van der Waals surface area (Å²) in [4.78, 5) is 6.59. The van der Waals surface area contributed by atoms with Crippen LogP contribution in [0.25, 0.3) is 16.8 Å². The van der Waals surface area contributed by atoms with E-state index in [-0.39, 0.29) is 11.2 Å². The van der Waals surface area contributed by atoms with Gasteiger partial charge in [-0.3, -0.25) is 0 Å². The number of rotatable bonds is 2. The van der Waals surface area contributed by atoms with Crippen molar-refractivity contribution in [2.75, 3.05) is 18.0 Å². The van der Waals surface area contributed by atoms with Gasteiger partial charge >= 0.3 is 6.18 Å². The Balaban J connectivity index is 1.98. The highest BCUT2D eigenvalue weighted by Gasteiger charge is 2.39. The number of alkyl halides is 3. The fraction of sp³-hybridized carbons (Fsp3) is 0.429. The Morgan fingerprint density at radius 2 is 1.68 bits per heavy atom. The summed E-state index contributed by atoms with van der Waals surface area (Å²) >= 11 is 0. The minimum absolute atomic E-state index is 0.0381. The van der Waals surface area contributed by atoms with Gasteiger partial charge < -0.3 is 4.90 Å². The van der Waals surface area contributed by atoms with Crippen molar-refractivity contribution in [1.82, 2.24) is 14.6 Å². The first-order valence-electron chi connectivity index (χ1n) is 9.52. The van der Waals surface area contributed by atoms with Gasteiger partial charge in [0.15, 0.2) is 11.3 Å². The van der Waals surface area contributed by atoms with Crippen LogP contribution in [0.15, 0.2) is 36.4 Å². The minimum atomic E-state index is -4.56. The third-order valence-corrected chi connectivity index (χ3v) is 5.22. The average Bonchev–Trinajstić information content (AvgIpc) is 3.00. The molecular weight excluding hydrogens is 365 g/mol. The molecule has 3 heterocycles. The van der Waals surface area contributed by atoms with Crippen LogP contribution in [0.1, 0.15) is 31.7 Å². The highest BCUT2D eigenvalue weighted by atomic mass is 19.4. The fourth-order valence-electron chi connectivity index (χ4n) is 4.26. The van der Waals surface area contributed by atoms with E-state index in [1.54, 1.807) is 30.3 Å². The van der Waals surface area contributed by atoms with Crippen molar-refractivity contribution in [2.24, 2.45) is 11.8 Å². The van der Waals surface area contributed by atoms with Gasteiger partial charge in [-0.1, -0.05) is 44.2 Å². The van der Waals surface area contributed by atoms with E-state index in [1.807, 2.05) is 13.0 Å². The monoisotopic (exact) mass is 388 g/mol.